The van der Waals surface area contributed by atoms with Gasteiger partial charge in [-0.25, -0.2) is 4.98 Å². The molecule has 14 heavy (non-hydrogen) atoms. The molecule has 0 bridgehead atoms. The lowest BCUT2D eigenvalue weighted by atomic mass is 9.99. The number of anilines is 1. The molecule has 1 aromatic heterocycles. The molecule has 0 saturated carbocycles. The van der Waals surface area contributed by atoms with E-state index in [1.54, 1.807) is 13.2 Å². The van der Waals surface area contributed by atoms with Gasteiger partial charge in [-0.2, -0.15) is 0 Å². The molecule has 0 aromatic carbocycles. The molecule has 2 N–H and O–H groups in total. The summed E-state index contributed by atoms with van der Waals surface area (Å²) in [4.78, 5) is 17.2. The van der Waals surface area contributed by atoms with Crippen LogP contribution >= 0.6 is 0 Å². The molecule has 1 aromatic rings. The molecule has 0 saturated heterocycles. The van der Waals surface area contributed by atoms with Crippen LogP contribution in [0.5, 0.6) is 0 Å². The monoisotopic (exact) mass is 189 g/mol. The van der Waals surface area contributed by atoms with Crippen LogP contribution in [0, 0.1) is 0 Å². The predicted octanol–water partition coefficient (Wildman–Crippen LogP) is 0.806. The molecular weight excluding hydrogens is 178 g/mol. The Hall–Kier alpha value is -1.84. The summed E-state index contributed by atoms with van der Waals surface area (Å²) < 4.78 is 0. The number of pyridine rings is 1. The van der Waals surface area contributed by atoms with E-state index in [4.69, 9.17) is 5.73 Å². The number of amides is 1. The first-order chi connectivity index (χ1) is 6.61. The van der Waals surface area contributed by atoms with Crippen LogP contribution < -0.4 is 5.73 Å². The van der Waals surface area contributed by atoms with Crippen molar-refractivity contribution in [2.24, 2.45) is 0 Å². The van der Waals surface area contributed by atoms with Gasteiger partial charge < -0.3 is 10.6 Å². The second-order valence-corrected chi connectivity index (χ2v) is 3.34. The second-order valence-electron chi connectivity index (χ2n) is 3.34. The maximum absolute atomic E-state index is 11.8. The van der Waals surface area contributed by atoms with Crippen molar-refractivity contribution in [2.45, 2.75) is 6.42 Å². The number of fused-ring (bicyclic) bond motifs is 1. The number of nitrogen functional groups attached to an aromatic ring is 1. The van der Waals surface area contributed by atoms with Crippen LogP contribution in [0.25, 0.3) is 0 Å². The first-order valence-corrected chi connectivity index (χ1v) is 4.30. The molecule has 0 aliphatic carbocycles. The summed E-state index contributed by atoms with van der Waals surface area (Å²) in [6.07, 6.45) is 2.27. The molecular formula is C10H11N3O. The smallest absolute Gasteiger partial charge is 0.261 e. The van der Waals surface area contributed by atoms with Gasteiger partial charge in [-0.3, -0.25) is 4.79 Å². The van der Waals surface area contributed by atoms with Crippen molar-refractivity contribution < 1.29 is 4.79 Å². The second kappa shape index (κ2) is 2.83. The minimum absolute atomic E-state index is 0.123. The van der Waals surface area contributed by atoms with Crippen LogP contribution in [0.3, 0.4) is 0 Å². The summed E-state index contributed by atoms with van der Waals surface area (Å²) in [7, 11) is 1.69. The third-order valence-electron chi connectivity index (χ3n) is 2.45. The van der Waals surface area contributed by atoms with Crippen molar-refractivity contribution in [3.05, 3.63) is 35.7 Å². The Kier molecular flexibility index (Phi) is 1.77. The van der Waals surface area contributed by atoms with Gasteiger partial charge in [0.1, 0.15) is 5.82 Å². The van der Waals surface area contributed by atoms with Gasteiger partial charge in [-0.1, -0.05) is 6.58 Å². The molecule has 2 heterocycles. The fourth-order valence-electron chi connectivity index (χ4n) is 1.56. The SMILES string of the molecule is C=C1Cc2ccnc(N)c2C(=O)N1C. The maximum atomic E-state index is 11.8. The third-order valence-corrected chi connectivity index (χ3v) is 2.45. The van der Waals surface area contributed by atoms with E-state index in [0.717, 1.165) is 11.3 Å². The lowest BCUT2D eigenvalue weighted by molar-refractivity contribution is 0.0824. The summed E-state index contributed by atoms with van der Waals surface area (Å²) >= 11 is 0. The van der Waals surface area contributed by atoms with Gasteiger partial charge in [-0.15, -0.1) is 0 Å². The van der Waals surface area contributed by atoms with Gasteiger partial charge >= 0.3 is 0 Å². The Balaban J connectivity index is 2.62. The number of hydrogen-bond acceptors (Lipinski definition) is 3. The third kappa shape index (κ3) is 1.08. The Morgan fingerprint density at radius 1 is 1.64 bits per heavy atom. The molecule has 0 spiro atoms. The highest BCUT2D eigenvalue weighted by atomic mass is 16.2. The van der Waals surface area contributed by atoms with Crippen molar-refractivity contribution in [2.75, 3.05) is 12.8 Å². The zero-order valence-electron chi connectivity index (χ0n) is 7.95. The summed E-state index contributed by atoms with van der Waals surface area (Å²) in [5.41, 5.74) is 7.86. The highest BCUT2D eigenvalue weighted by Gasteiger charge is 2.26. The van der Waals surface area contributed by atoms with Gasteiger partial charge in [0.15, 0.2) is 0 Å². The number of likely N-dealkylation sites (N-methyl/N-ethyl adjacent to an activating group) is 1. The van der Waals surface area contributed by atoms with Crippen molar-refractivity contribution in [3.8, 4) is 0 Å². The van der Waals surface area contributed by atoms with Gasteiger partial charge in [-0.05, 0) is 11.6 Å². The predicted molar refractivity (Wildman–Crippen MR) is 53.6 cm³/mol. The van der Waals surface area contributed by atoms with Crippen LogP contribution in [-0.4, -0.2) is 22.8 Å². The maximum Gasteiger partial charge on any atom is 0.261 e. The average Bonchev–Trinajstić information content (AvgIpc) is 2.14. The van der Waals surface area contributed by atoms with Gasteiger partial charge in [0.05, 0.1) is 5.56 Å². The fraction of sp³-hybridized carbons (Fsp3) is 0.200. The highest BCUT2D eigenvalue weighted by Crippen LogP contribution is 2.25. The number of carbonyl (C=O) groups is 1. The number of rotatable bonds is 0. The molecule has 1 aliphatic heterocycles. The van der Waals surface area contributed by atoms with E-state index in [-0.39, 0.29) is 5.91 Å². The van der Waals surface area contributed by atoms with Crippen LogP contribution in [0.15, 0.2) is 24.5 Å². The summed E-state index contributed by atoms with van der Waals surface area (Å²) in [6, 6.07) is 1.81. The molecule has 1 aliphatic rings. The zero-order valence-corrected chi connectivity index (χ0v) is 7.95. The van der Waals surface area contributed by atoms with E-state index >= 15 is 0 Å². The van der Waals surface area contributed by atoms with E-state index in [1.807, 2.05) is 6.07 Å². The van der Waals surface area contributed by atoms with E-state index in [0.29, 0.717) is 17.8 Å². The van der Waals surface area contributed by atoms with E-state index in [1.165, 1.54) is 4.90 Å². The molecule has 4 nitrogen and oxygen atoms in total. The van der Waals surface area contributed by atoms with Gasteiger partial charge in [0.2, 0.25) is 0 Å². The topological polar surface area (TPSA) is 59.2 Å². The van der Waals surface area contributed by atoms with Gasteiger partial charge in [0, 0.05) is 25.4 Å². The number of hydrogen-bond donors (Lipinski definition) is 1. The summed E-state index contributed by atoms with van der Waals surface area (Å²) in [5, 5.41) is 0. The number of carbonyl (C=O) groups excluding carboxylic acids is 1. The van der Waals surface area contributed by atoms with Crippen LogP contribution in [0.4, 0.5) is 5.82 Å². The molecule has 4 heteroatoms. The molecule has 0 unspecified atom stereocenters. The lowest BCUT2D eigenvalue weighted by Crippen LogP contribution is -2.33. The largest absolute Gasteiger partial charge is 0.383 e. The molecule has 0 radical (unpaired) electrons. The number of nitrogens with two attached hydrogens (primary N) is 1. The first kappa shape index (κ1) is 8.74. The number of allylic oxidation sites excluding steroid dienone is 1. The number of aromatic nitrogens is 1. The minimum atomic E-state index is -0.123. The molecule has 1 amide bonds. The zero-order chi connectivity index (χ0) is 10.3. The Morgan fingerprint density at radius 3 is 3.07 bits per heavy atom. The van der Waals surface area contributed by atoms with Crippen molar-refractivity contribution in [1.29, 1.82) is 0 Å². The summed E-state index contributed by atoms with van der Waals surface area (Å²) in [6.45, 7) is 3.82. The number of nitrogens with zero attached hydrogens (tertiary/aromatic N) is 2. The quantitative estimate of drug-likeness (QED) is 0.656. The van der Waals surface area contributed by atoms with E-state index in [2.05, 4.69) is 11.6 Å². The van der Waals surface area contributed by atoms with E-state index < -0.39 is 0 Å². The first-order valence-electron chi connectivity index (χ1n) is 4.30. The van der Waals surface area contributed by atoms with Crippen LogP contribution in [-0.2, 0) is 6.42 Å². The molecule has 2 rings (SSSR count). The standard InChI is InChI=1S/C10H11N3O/c1-6-5-7-3-4-12-9(11)8(7)10(14)13(6)2/h3-4H,1,5H2,2H3,(H2,11,12). The minimum Gasteiger partial charge on any atom is -0.383 e. The van der Waals surface area contributed by atoms with Crippen molar-refractivity contribution >= 4 is 11.7 Å². The highest BCUT2D eigenvalue weighted by molar-refractivity contribution is 6.01. The molecule has 0 fully saturated rings. The van der Waals surface area contributed by atoms with Crippen LogP contribution in [0.2, 0.25) is 0 Å². The van der Waals surface area contributed by atoms with Crippen molar-refractivity contribution in [3.63, 3.8) is 0 Å². The Bertz CT molecular complexity index is 425. The van der Waals surface area contributed by atoms with Crippen molar-refractivity contribution in [1.82, 2.24) is 9.88 Å². The average molecular weight is 189 g/mol. The lowest BCUT2D eigenvalue weighted by Gasteiger charge is -2.27. The molecule has 0 atom stereocenters. The fourth-order valence-corrected chi connectivity index (χ4v) is 1.56. The Labute approximate surface area is 82.0 Å². The summed E-state index contributed by atoms with van der Waals surface area (Å²) in [5.74, 6) is 0.175. The van der Waals surface area contributed by atoms with Gasteiger partial charge in [0.25, 0.3) is 5.91 Å². The normalized spacial score (nSPS) is 15.6. The van der Waals surface area contributed by atoms with Crippen LogP contribution in [0.1, 0.15) is 15.9 Å². The van der Waals surface area contributed by atoms with E-state index in [9.17, 15) is 4.79 Å². The Morgan fingerprint density at radius 2 is 2.36 bits per heavy atom. The molecule has 72 valence electrons.